The van der Waals surface area contributed by atoms with Crippen molar-refractivity contribution in [1.82, 2.24) is 24.7 Å². The van der Waals surface area contributed by atoms with Crippen LogP contribution in [0.4, 0.5) is 9.59 Å². The number of amides is 4. The molecule has 0 saturated carbocycles. The summed E-state index contributed by atoms with van der Waals surface area (Å²) in [7, 11) is -4.19. The van der Waals surface area contributed by atoms with E-state index in [1.807, 2.05) is 0 Å². The molecule has 46 heavy (non-hydrogen) atoms. The van der Waals surface area contributed by atoms with Gasteiger partial charge < -0.3 is 34.6 Å². The number of alkyl carbamates (subject to hydrolysis) is 1. The summed E-state index contributed by atoms with van der Waals surface area (Å²) in [5.74, 6) is -3.30. The Morgan fingerprint density at radius 1 is 0.913 bits per heavy atom. The lowest BCUT2D eigenvalue weighted by atomic mass is 10.1. The van der Waals surface area contributed by atoms with Gasteiger partial charge in [-0.3, -0.25) is 9.59 Å². The highest BCUT2D eigenvalue weighted by atomic mass is 32.2. The molecule has 0 aromatic heterocycles. The Balaban J connectivity index is 1.78. The van der Waals surface area contributed by atoms with Crippen molar-refractivity contribution < 1.29 is 47.0 Å². The average Bonchev–Trinajstić information content (AvgIpc) is 3.34. The number of carboxylic acids is 1. The third-order valence-corrected chi connectivity index (χ3v) is 8.43. The normalized spacial score (nSPS) is 19.7. The number of aliphatic carboxylic acids is 1. The standard InChI is InChI=1S/C30H45N5O10S/c1-29(2,3)44-27(40)31-21-16-23(26(38)39)35(18-21)25(37)22(32-46(42,43)19-20-10-8-7-9-11-20)17-24(36)33-12-14-34(15-13-33)28(41)45-30(4,5)6/h7-11,21-23,32H,12-19H2,1-6H3,(H,31,40)(H,38,39)/t21-,22+,23?/m0/s1. The lowest BCUT2D eigenvalue weighted by Gasteiger charge is -2.36. The van der Waals surface area contributed by atoms with E-state index in [9.17, 15) is 37.5 Å². The van der Waals surface area contributed by atoms with E-state index in [-0.39, 0.29) is 39.1 Å². The molecular weight excluding hydrogens is 622 g/mol. The van der Waals surface area contributed by atoms with Crippen molar-refractivity contribution in [3.63, 3.8) is 0 Å². The van der Waals surface area contributed by atoms with Gasteiger partial charge in [-0.15, -0.1) is 0 Å². The first-order chi connectivity index (χ1) is 21.2. The van der Waals surface area contributed by atoms with Gasteiger partial charge in [0.2, 0.25) is 21.8 Å². The van der Waals surface area contributed by atoms with Gasteiger partial charge in [0.05, 0.1) is 18.2 Å². The van der Waals surface area contributed by atoms with Gasteiger partial charge in [-0.2, -0.15) is 0 Å². The van der Waals surface area contributed by atoms with Crippen molar-refractivity contribution in [3.05, 3.63) is 35.9 Å². The van der Waals surface area contributed by atoms with E-state index < -0.39 is 81.5 Å². The minimum atomic E-state index is -4.19. The van der Waals surface area contributed by atoms with Crippen LogP contribution in [-0.4, -0.2) is 120 Å². The number of hydrogen-bond acceptors (Lipinski definition) is 9. The monoisotopic (exact) mass is 667 g/mol. The summed E-state index contributed by atoms with van der Waals surface area (Å²) in [6.45, 7) is 10.6. The van der Waals surface area contributed by atoms with Crippen molar-refractivity contribution in [2.75, 3.05) is 32.7 Å². The highest BCUT2D eigenvalue weighted by Gasteiger charge is 2.44. The highest BCUT2D eigenvalue weighted by Crippen LogP contribution is 2.22. The largest absolute Gasteiger partial charge is 0.480 e. The van der Waals surface area contributed by atoms with Gasteiger partial charge in [-0.1, -0.05) is 30.3 Å². The number of sulfonamides is 1. The number of hydrogen-bond donors (Lipinski definition) is 3. The zero-order valence-electron chi connectivity index (χ0n) is 27.1. The summed E-state index contributed by atoms with van der Waals surface area (Å²) in [6, 6.07) is 4.42. The Labute approximate surface area is 269 Å². The zero-order chi connectivity index (χ0) is 34.4. The number of carboxylic acid groups (broad SMARTS) is 1. The number of ether oxygens (including phenoxy) is 2. The summed E-state index contributed by atoms with van der Waals surface area (Å²) in [5, 5.41) is 12.5. The molecule has 1 aromatic carbocycles. The van der Waals surface area contributed by atoms with Gasteiger partial charge in [0.15, 0.2) is 0 Å². The number of rotatable bonds is 9. The third kappa shape index (κ3) is 11.2. The minimum absolute atomic E-state index is 0.124. The smallest absolute Gasteiger partial charge is 0.410 e. The molecule has 3 N–H and O–H groups in total. The number of nitrogens with zero attached hydrogens (tertiary/aromatic N) is 3. The van der Waals surface area contributed by atoms with Gasteiger partial charge in [0.25, 0.3) is 0 Å². The first-order valence-electron chi connectivity index (χ1n) is 15.1. The Hall–Kier alpha value is -3.92. The molecule has 1 aromatic rings. The van der Waals surface area contributed by atoms with Crippen molar-refractivity contribution in [3.8, 4) is 0 Å². The molecule has 0 bridgehead atoms. The first-order valence-corrected chi connectivity index (χ1v) is 16.7. The maximum Gasteiger partial charge on any atom is 0.410 e. The van der Waals surface area contributed by atoms with Crippen molar-refractivity contribution in [1.29, 1.82) is 0 Å². The van der Waals surface area contributed by atoms with E-state index in [1.54, 1.807) is 71.9 Å². The van der Waals surface area contributed by atoms with Crippen LogP contribution in [0.3, 0.4) is 0 Å². The number of likely N-dealkylation sites (tertiary alicyclic amines) is 1. The van der Waals surface area contributed by atoms with E-state index in [0.29, 0.717) is 5.56 Å². The Morgan fingerprint density at radius 3 is 2.02 bits per heavy atom. The molecule has 3 atom stereocenters. The van der Waals surface area contributed by atoms with Gasteiger partial charge >= 0.3 is 18.2 Å². The maximum atomic E-state index is 13.9. The van der Waals surface area contributed by atoms with Crippen LogP contribution >= 0.6 is 0 Å². The second kappa shape index (κ2) is 14.7. The van der Waals surface area contributed by atoms with Crippen LogP contribution in [0.25, 0.3) is 0 Å². The summed E-state index contributed by atoms with van der Waals surface area (Å²) in [6.07, 6.45) is -2.06. The van der Waals surface area contributed by atoms with E-state index in [1.165, 1.54) is 9.80 Å². The van der Waals surface area contributed by atoms with Gasteiger partial charge in [0, 0.05) is 39.1 Å². The minimum Gasteiger partial charge on any atom is -0.480 e. The number of benzene rings is 1. The van der Waals surface area contributed by atoms with Crippen LogP contribution in [-0.2, 0) is 39.6 Å². The second-order valence-corrected chi connectivity index (χ2v) is 15.1. The topological polar surface area (TPSA) is 192 Å². The first kappa shape index (κ1) is 36.5. The van der Waals surface area contributed by atoms with Gasteiger partial charge in [0.1, 0.15) is 23.3 Å². The van der Waals surface area contributed by atoms with E-state index in [4.69, 9.17) is 9.47 Å². The average molecular weight is 668 g/mol. The van der Waals surface area contributed by atoms with E-state index in [2.05, 4.69) is 10.0 Å². The lowest BCUT2D eigenvalue weighted by Crippen LogP contribution is -2.56. The summed E-state index contributed by atoms with van der Waals surface area (Å²) in [5.41, 5.74) is -1.07. The molecule has 1 unspecified atom stereocenters. The summed E-state index contributed by atoms with van der Waals surface area (Å²) in [4.78, 5) is 68.1. The Morgan fingerprint density at radius 2 is 1.48 bits per heavy atom. The Bertz CT molecular complexity index is 1380. The predicted molar refractivity (Wildman–Crippen MR) is 166 cm³/mol. The molecular formula is C30H45N5O10S. The predicted octanol–water partition coefficient (Wildman–Crippen LogP) is 1.52. The quantitative estimate of drug-likeness (QED) is 0.348. The number of carbonyl (C=O) groups is 5. The molecule has 2 aliphatic heterocycles. The fraction of sp³-hybridized carbons (Fsp3) is 0.633. The number of nitrogens with one attached hydrogen (secondary N) is 2. The van der Waals surface area contributed by atoms with Crippen LogP contribution in [0.1, 0.15) is 59.9 Å². The second-order valence-electron chi connectivity index (χ2n) is 13.4. The molecule has 0 spiro atoms. The molecule has 3 rings (SSSR count). The molecule has 4 amide bonds. The molecule has 2 heterocycles. The fourth-order valence-electron chi connectivity index (χ4n) is 5.09. The van der Waals surface area contributed by atoms with Gasteiger partial charge in [-0.25, -0.2) is 27.5 Å². The van der Waals surface area contributed by atoms with Crippen LogP contribution in [0.2, 0.25) is 0 Å². The van der Waals surface area contributed by atoms with Crippen molar-refractivity contribution >= 4 is 40.0 Å². The molecule has 2 fully saturated rings. The van der Waals surface area contributed by atoms with E-state index in [0.717, 1.165) is 4.90 Å². The number of piperazine rings is 1. The molecule has 2 aliphatic rings. The third-order valence-electron chi connectivity index (χ3n) is 7.07. The van der Waals surface area contributed by atoms with Crippen LogP contribution < -0.4 is 10.0 Å². The lowest BCUT2D eigenvalue weighted by molar-refractivity contribution is -0.149. The fourth-order valence-corrected chi connectivity index (χ4v) is 6.42. The van der Waals surface area contributed by atoms with Crippen LogP contribution in [0.15, 0.2) is 30.3 Å². The SMILES string of the molecule is CC(C)(C)OC(=O)N[C@H]1CC(C(=O)O)N(C(=O)[C@@H](CC(=O)N2CCN(C(=O)OC(C)(C)C)CC2)NS(=O)(=O)Cc2ccccc2)C1. The van der Waals surface area contributed by atoms with E-state index >= 15 is 0 Å². The zero-order valence-corrected chi connectivity index (χ0v) is 28.0. The summed E-state index contributed by atoms with van der Waals surface area (Å²) >= 11 is 0. The van der Waals surface area contributed by atoms with Crippen molar-refractivity contribution in [2.24, 2.45) is 0 Å². The molecule has 256 valence electrons. The highest BCUT2D eigenvalue weighted by molar-refractivity contribution is 7.88. The molecule has 16 heteroatoms. The Kier molecular flexibility index (Phi) is 11.7. The van der Waals surface area contributed by atoms with Gasteiger partial charge in [-0.05, 0) is 47.1 Å². The molecule has 15 nitrogen and oxygen atoms in total. The molecule has 0 aliphatic carbocycles. The van der Waals surface area contributed by atoms with Crippen LogP contribution in [0.5, 0.6) is 0 Å². The molecule has 2 saturated heterocycles. The maximum absolute atomic E-state index is 13.9. The summed E-state index contributed by atoms with van der Waals surface area (Å²) < 4.78 is 39.4. The number of carbonyl (C=O) groups excluding carboxylic acids is 4. The van der Waals surface area contributed by atoms with Crippen molar-refractivity contribution in [2.45, 2.75) is 89.5 Å². The molecule has 0 radical (unpaired) electrons. The van der Waals surface area contributed by atoms with Crippen LogP contribution in [0, 0.1) is 0 Å².